The van der Waals surface area contributed by atoms with Crippen molar-refractivity contribution in [3.63, 3.8) is 0 Å². The fraction of sp³-hybridized carbons (Fsp3) is 0.200. The lowest BCUT2D eigenvalue weighted by Crippen LogP contribution is -2.24. The molecule has 0 saturated heterocycles. The lowest BCUT2D eigenvalue weighted by Gasteiger charge is -2.04. The summed E-state index contributed by atoms with van der Waals surface area (Å²) in [5.74, 6) is -0.545. The minimum absolute atomic E-state index is 0.0217. The van der Waals surface area contributed by atoms with Gasteiger partial charge in [-0.3, -0.25) is 9.36 Å². The first-order valence-electron chi connectivity index (χ1n) is 4.58. The number of halogens is 1. The van der Waals surface area contributed by atoms with E-state index in [1.807, 2.05) is 0 Å². The Morgan fingerprint density at radius 2 is 2.27 bits per heavy atom. The van der Waals surface area contributed by atoms with Gasteiger partial charge in [0, 0.05) is 13.1 Å². The van der Waals surface area contributed by atoms with Crippen molar-refractivity contribution in [1.82, 2.24) is 9.55 Å². The first-order valence-corrected chi connectivity index (χ1v) is 4.58. The summed E-state index contributed by atoms with van der Waals surface area (Å²) in [4.78, 5) is 15.8. The summed E-state index contributed by atoms with van der Waals surface area (Å²) in [6.07, 6.45) is 1.39. The van der Waals surface area contributed by atoms with Gasteiger partial charge in [-0.05, 0) is 12.1 Å². The van der Waals surface area contributed by atoms with E-state index in [0.717, 1.165) is 0 Å². The van der Waals surface area contributed by atoms with Crippen LogP contribution in [0.25, 0.3) is 10.9 Å². The maximum Gasteiger partial charge on any atom is 0.264 e. The van der Waals surface area contributed by atoms with Crippen LogP contribution in [0.5, 0.6) is 0 Å². The smallest absolute Gasteiger partial charge is 0.264 e. The summed E-state index contributed by atoms with van der Waals surface area (Å²) >= 11 is 0. The third-order valence-electron chi connectivity index (χ3n) is 2.17. The van der Waals surface area contributed by atoms with Crippen molar-refractivity contribution < 1.29 is 4.39 Å². The van der Waals surface area contributed by atoms with Crippen LogP contribution in [0.15, 0.2) is 29.3 Å². The average Bonchev–Trinajstić information content (AvgIpc) is 2.22. The third kappa shape index (κ3) is 1.61. The van der Waals surface area contributed by atoms with E-state index >= 15 is 0 Å². The van der Waals surface area contributed by atoms with Gasteiger partial charge in [0.25, 0.3) is 5.56 Å². The Labute approximate surface area is 85.2 Å². The van der Waals surface area contributed by atoms with E-state index in [1.165, 1.54) is 23.0 Å². The van der Waals surface area contributed by atoms with Gasteiger partial charge in [-0.15, -0.1) is 0 Å². The second-order valence-electron chi connectivity index (χ2n) is 3.17. The summed E-state index contributed by atoms with van der Waals surface area (Å²) in [6, 6.07) is 4.38. The van der Waals surface area contributed by atoms with Crippen molar-refractivity contribution in [3.05, 3.63) is 40.7 Å². The monoisotopic (exact) mass is 207 g/mol. The Balaban J connectivity index is 2.77. The number of hydrogen-bond acceptors (Lipinski definition) is 3. The second-order valence-corrected chi connectivity index (χ2v) is 3.17. The van der Waals surface area contributed by atoms with Gasteiger partial charge in [0.15, 0.2) is 0 Å². The van der Waals surface area contributed by atoms with Crippen LogP contribution in [0.3, 0.4) is 0 Å². The van der Waals surface area contributed by atoms with E-state index in [-0.39, 0.29) is 10.9 Å². The van der Waals surface area contributed by atoms with Crippen LogP contribution >= 0.6 is 0 Å². The average molecular weight is 207 g/mol. The molecule has 4 nitrogen and oxygen atoms in total. The predicted octanol–water partition coefficient (Wildman–Crippen LogP) is 0.494. The van der Waals surface area contributed by atoms with Gasteiger partial charge in [-0.2, -0.15) is 0 Å². The molecule has 0 bridgehead atoms. The normalized spacial score (nSPS) is 10.8. The predicted molar refractivity (Wildman–Crippen MR) is 55.0 cm³/mol. The lowest BCUT2D eigenvalue weighted by molar-refractivity contribution is 0.628. The van der Waals surface area contributed by atoms with Crippen molar-refractivity contribution in [1.29, 1.82) is 0 Å². The molecule has 0 aliphatic heterocycles. The number of aromatic nitrogens is 2. The minimum Gasteiger partial charge on any atom is -0.329 e. The molecular weight excluding hydrogens is 197 g/mol. The zero-order valence-electron chi connectivity index (χ0n) is 7.98. The van der Waals surface area contributed by atoms with Gasteiger partial charge in [-0.25, -0.2) is 9.37 Å². The molecule has 5 heteroatoms. The highest BCUT2D eigenvalue weighted by Crippen LogP contribution is 2.10. The maximum absolute atomic E-state index is 13.4. The van der Waals surface area contributed by atoms with Gasteiger partial charge >= 0.3 is 0 Å². The van der Waals surface area contributed by atoms with Crippen molar-refractivity contribution in [2.75, 3.05) is 6.54 Å². The highest BCUT2D eigenvalue weighted by molar-refractivity contribution is 5.77. The Morgan fingerprint density at radius 1 is 1.47 bits per heavy atom. The number of fused-ring (bicyclic) bond motifs is 1. The van der Waals surface area contributed by atoms with Crippen LogP contribution in [0, 0.1) is 5.82 Å². The highest BCUT2D eigenvalue weighted by Gasteiger charge is 2.07. The van der Waals surface area contributed by atoms with Gasteiger partial charge in [-0.1, -0.05) is 6.07 Å². The molecule has 0 aliphatic carbocycles. The summed E-state index contributed by atoms with van der Waals surface area (Å²) in [6.45, 7) is 0.664. The lowest BCUT2D eigenvalue weighted by atomic mass is 10.2. The quantitative estimate of drug-likeness (QED) is 0.779. The SMILES string of the molecule is NCCn1cnc2cccc(F)c2c1=O. The topological polar surface area (TPSA) is 60.9 Å². The molecule has 0 atom stereocenters. The zero-order chi connectivity index (χ0) is 10.8. The molecule has 2 rings (SSSR count). The van der Waals surface area contributed by atoms with Gasteiger partial charge < -0.3 is 5.73 Å². The maximum atomic E-state index is 13.4. The van der Waals surface area contributed by atoms with Crippen LogP contribution in [-0.4, -0.2) is 16.1 Å². The molecule has 2 N–H and O–H groups in total. The molecule has 78 valence electrons. The Kier molecular flexibility index (Phi) is 2.47. The highest BCUT2D eigenvalue weighted by atomic mass is 19.1. The standard InChI is InChI=1S/C10H10FN3O/c11-7-2-1-3-8-9(7)10(15)14(5-4-12)6-13-8/h1-3,6H,4-5,12H2. The van der Waals surface area contributed by atoms with Gasteiger partial charge in [0.05, 0.1) is 11.8 Å². The first kappa shape index (κ1) is 9.79. The number of nitrogens with zero attached hydrogens (tertiary/aromatic N) is 2. The molecule has 1 heterocycles. The molecule has 15 heavy (non-hydrogen) atoms. The summed E-state index contributed by atoms with van der Waals surface area (Å²) in [5.41, 5.74) is 5.31. The van der Waals surface area contributed by atoms with E-state index in [9.17, 15) is 9.18 Å². The van der Waals surface area contributed by atoms with E-state index in [2.05, 4.69) is 4.98 Å². The number of benzene rings is 1. The molecule has 0 unspecified atom stereocenters. The van der Waals surface area contributed by atoms with E-state index in [4.69, 9.17) is 5.73 Å². The molecule has 1 aromatic carbocycles. The summed E-state index contributed by atoms with van der Waals surface area (Å²) in [5, 5.41) is 0.0217. The molecule has 0 fully saturated rings. The van der Waals surface area contributed by atoms with Crippen LogP contribution < -0.4 is 11.3 Å². The summed E-state index contributed by atoms with van der Waals surface area (Å²) in [7, 11) is 0. The van der Waals surface area contributed by atoms with Crippen LogP contribution in [0.1, 0.15) is 0 Å². The second kappa shape index (κ2) is 3.78. The molecule has 0 amide bonds. The molecule has 0 spiro atoms. The largest absolute Gasteiger partial charge is 0.329 e. The van der Waals surface area contributed by atoms with Crippen LogP contribution in [0.4, 0.5) is 4.39 Å². The molecular formula is C10H10FN3O. The molecule has 0 aliphatic rings. The van der Waals surface area contributed by atoms with Crippen molar-refractivity contribution in [3.8, 4) is 0 Å². The van der Waals surface area contributed by atoms with Gasteiger partial charge in [0.2, 0.25) is 0 Å². The number of rotatable bonds is 2. The fourth-order valence-electron chi connectivity index (χ4n) is 1.46. The summed E-state index contributed by atoms with van der Waals surface area (Å²) < 4.78 is 14.7. The van der Waals surface area contributed by atoms with E-state index < -0.39 is 5.82 Å². The van der Waals surface area contributed by atoms with Gasteiger partial charge in [0.1, 0.15) is 11.2 Å². The fourth-order valence-corrected chi connectivity index (χ4v) is 1.46. The number of nitrogens with two attached hydrogens (primary N) is 1. The van der Waals surface area contributed by atoms with Crippen molar-refractivity contribution in [2.45, 2.75) is 6.54 Å². The molecule has 0 radical (unpaired) electrons. The Morgan fingerprint density at radius 3 is 3.00 bits per heavy atom. The zero-order valence-corrected chi connectivity index (χ0v) is 7.98. The third-order valence-corrected chi connectivity index (χ3v) is 2.17. The van der Waals surface area contributed by atoms with Crippen molar-refractivity contribution in [2.24, 2.45) is 5.73 Å². The van der Waals surface area contributed by atoms with E-state index in [1.54, 1.807) is 6.07 Å². The van der Waals surface area contributed by atoms with Crippen LogP contribution in [0.2, 0.25) is 0 Å². The minimum atomic E-state index is -0.545. The Bertz CT molecular complexity index is 550. The first-order chi connectivity index (χ1) is 7.24. The van der Waals surface area contributed by atoms with Crippen LogP contribution in [-0.2, 0) is 6.54 Å². The van der Waals surface area contributed by atoms with Crippen molar-refractivity contribution >= 4 is 10.9 Å². The molecule has 1 aromatic heterocycles. The van der Waals surface area contributed by atoms with E-state index in [0.29, 0.717) is 18.6 Å². The number of hydrogen-bond donors (Lipinski definition) is 1. The Hall–Kier alpha value is -1.75. The molecule has 2 aromatic rings. The molecule has 0 saturated carbocycles.